The van der Waals surface area contributed by atoms with Crippen molar-refractivity contribution in [1.29, 1.82) is 5.41 Å². The maximum Gasteiger partial charge on any atom is 0.312 e. The number of nitrogens with two attached hydrogens (primary N) is 3. The van der Waals surface area contributed by atoms with Gasteiger partial charge in [0.05, 0.1) is 25.4 Å². The number of pyridine rings is 1. The van der Waals surface area contributed by atoms with Crippen molar-refractivity contribution in [3.8, 4) is 0 Å². The lowest BCUT2D eigenvalue weighted by atomic mass is 9.99. The Balaban J connectivity index is 1.01. The van der Waals surface area contributed by atoms with E-state index < -0.39 is 138 Å². The molecular formula is C84H103ClN18O14. The standard InChI is InChI=1S/C84H103ClN18O14/c1-50(2)40-64(74(107)94-63(17-10-34-91-83(87)88)82(115)103-35-11-18-71(103)81(114)92-51(3)72(86)105)95-75(108)67(45-55-26-31-62(32-27-55)93-73(106)60-16-9-33-90-47-60)97-77(110)68(43-53-19-21-56(22-20-53)48-102-36-38-117-39-37-102)99-80(113)70(49-104)100-78(111)65(42-52-12-5-4-6-13-52)96-76(109)66(44-54-24-29-61(85)30-25-54)98-79(112)69(101-84(89)116)46-57-23-28-58-14-7-8-15-59(58)41-57/h4-9,12-16,19-33,41,47,50-51,63-71,104H,10-11,17-18,34-40,42-46,48-49H2,1-3H3,(H2,86,105)(H,92,114)(H,93,106)(H,94,107)(H,95,108)(H,96,109)(H,97,110)(H,98,112)(H,99,113)(H,100,111)(H4,87,88,91)(H3,89,101,116)/t51-,63+,64+,65-,66-,67-,68+,69-,70+,71+/m1/s1. The van der Waals surface area contributed by atoms with Crippen LogP contribution in [-0.2, 0) is 91.3 Å². The molecule has 3 heterocycles. The monoisotopic (exact) mass is 1620 g/mol. The molecule has 32 nitrogen and oxygen atoms in total. The first kappa shape index (κ1) is 88.6. The van der Waals surface area contributed by atoms with Crippen LogP contribution in [0.25, 0.3) is 10.8 Å². The third-order valence-electron chi connectivity index (χ3n) is 20.0. The number of primary amides is 2. The average Bonchev–Trinajstić information content (AvgIpc) is 1.62. The molecule has 6 aromatic carbocycles. The van der Waals surface area contributed by atoms with Gasteiger partial charge in [-0.15, -0.1) is 0 Å². The second-order valence-electron chi connectivity index (χ2n) is 29.5. The second-order valence-corrected chi connectivity index (χ2v) is 30.0. The van der Waals surface area contributed by atoms with Crippen LogP contribution in [0.1, 0.15) is 96.6 Å². The van der Waals surface area contributed by atoms with Gasteiger partial charge in [0.25, 0.3) is 5.91 Å². The Hall–Kier alpha value is -12.4. The number of likely N-dealkylation sites (tertiary alicyclic amines) is 1. The lowest BCUT2D eigenvalue weighted by molar-refractivity contribution is -0.142. The number of morpholine rings is 1. The minimum absolute atomic E-state index is 0.0229. The molecule has 7 aromatic rings. The zero-order chi connectivity index (χ0) is 84.1. The number of hydrogen-bond acceptors (Lipinski definition) is 17. The number of carbonyl (C=O) groups excluding carboxylic acids is 12. The van der Waals surface area contributed by atoms with Gasteiger partial charge in [-0.05, 0) is 125 Å². The summed E-state index contributed by atoms with van der Waals surface area (Å²) in [6, 6.07) is 29.7. The number of aliphatic hydroxyl groups excluding tert-OH is 1. The molecule has 9 rings (SSSR count). The first-order valence-corrected chi connectivity index (χ1v) is 39.2. The maximum absolute atomic E-state index is 15.6. The van der Waals surface area contributed by atoms with Crippen LogP contribution in [0.5, 0.6) is 0 Å². The molecule has 0 aliphatic carbocycles. The molecule has 2 aliphatic heterocycles. The molecule has 33 heteroatoms. The van der Waals surface area contributed by atoms with Crippen molar-refractivity contribution >= 4 is 105 Å². The largest absolute Gasteiger partial charge is 0.394 e. The Kier molecular flexibility index (Phi) is 33.2. The first-order valence-electron chi connectivity index (χ1n) is 38.9. The summed E-state index contributed by atoms with van der Waals surface area (Å²) in [7, 11) is 0. The molecule has 13 amide bonds. The number of nitrogens with zero attached hydrogens (tertiary/aromatic N) is 3. The molecular weight excluding hydrogens is 1520 g/mol. The first-order chi connectivity index (χ1) is 56.1. The molecule has 117 heavy (non-hydrogen) atoms. The number of aromatic nitrogens is 1. The van der Waals surface area contributed by atoms with E-state index in [2.05, 4.69) is 68.4 Å². The highest BCUT2D eigenvalue weighted by molar-refractivity contribution is 6.30. The highest BCUT2D eigenvalue weighted by Crippen LogP contribution is 2.23. The van der Waals surface area contributed by atoms with Crippen LogP contribution in [0.4, 0.5) is 10.5 Å². The van der Waals surface area contributed by atoms with Crippen LogP contribution >= 0.6 is 11.6 Å². The summed E-state index contributed by atoms with van der Waals surface area (Å²) in [5, 5.41) is 50.9. The van der Waals surface area contributed by atoms with Gasteiger partial charge in [-0.3, -0.25) is 68.0 Å². The maximum atomic E-state index is 15.6. The van der Waals surface area contributed by atoms with E-state index in [0.717, 1.165) is 16.3 Å². The molecule has 620 valence electrons. The quantitative estimate of drug-likeness (QED) is 0.0149. The van der Waals surface area contributed by atoms with E-state index in [1.165, 1.54) is 24.2 Å². The Bertz CT molecular complexity index is 4600. The minimum Gasteiger partial charge on any atom is -0.394 e. The number of anilines is 1. The van der Waals surface area contributed by atoms with Crippen LogP contribution < -0.4 is 75.7 Å². The van der Waals surface area contributed by atoms with Gasteiger partial charge in [0, 0.05) is 87.9 Å². The van der Waals surface area contributed by atoms with Gasteiger partial charge < -0.3 is 90.4 Å². The Morgan fingerprint density at radius 2 is 1.01 bits per heavy atom. The van der Waals surface area contributed by atoms with Gasteiger partial charge in [0.15, 0.2) is 5.96 Å². The SMILES string of the molecule is CC(C)C[C@H](NC(=O)[C@@H](Cc1ccc(NC(=O)c2cccnc2)cc1)NC(=O)[C@H](Cc1ccc(CN2CCOCC2)cc1)NC(=O)[C@H](CO)NC(=O)[C@@H](Cc1ccccc1)NC(=O)[C@@H](Cc1ccc(Cl)cc1)NC(=O)[C@@H](Cc1ccc2ccccc2c1)NC(N)=O)C(=O)N[C@@H](CCCNC(=N)N)C(=O)N1CCC[C@H]1C(=O)N[C@H](C)C(N)=O. The minimum atomic E-state index is -1.84. The number of halogens is 1. The average molecular weight is 1620 g/mol. The van der Waals surface area contributed by atoms with E-state index >= 15 is 24.0 Å². The van der Waals surface area contributed by atoms with Gasteiger partial charge in [0.2, 0.25) is 59.1 Å². The summed E-state index contributed by atoms with van der Waals surface area (Å²) >= 11 is 6.28. The van der Waals surface area contributed by atoms with Crippen molar-refractivity contribution in [3.05, 3.63) is 214 Å². The Morgan fingerprint density at radius 3 is 1.55 bits per heavy atom. The van der Waals surface area contributed by atoms with E-state index in [4.69, 9.17) is 38.9 Å². The number of ether oxygens (including phenoxy) is 1. The van der Waals surface area contributed by atoms with Gasteiger partial charge in [-0.25, -0.2) is 4.79 Å². The van der Waals surface area contributed by atoms with E-state index in [0.29, 0.717) is 77.8 Å². The predicted molar refractivity (Wildman–Crippen MR) is 439 cm³/mol. The van der Waals surface area contributed by atoms with Crippen molar-refractivity contribution in [3.63, 3.8) is 0 Å². The fraction of sp³-hybridized carbons (Fsp3) is 0.381. The van der Waals surface area contributed by atoms with Crippen LogP contribution in [-0.4, -0.2) is 203 Å². The summed E-state index contributed by atoms with van der Waals surface area (Å²) in [6.45, 7) is 7.22. The number of guanidine groups is 1. The number of aliphatic hydroxyl groups is 1. The smallest absolute Gasteiger partial charge is 0.312 e. The molecule has 0 bridgehead atoms. The Morgan fingerprint density at radius 1 is 0.530 bits per heavy atom. The third-order valence-corrected chi connectivity index (χ3v) is 20.2. The summed E-state index contributed by atoms with van der Waals surface area (Å²) in [5.74, 6) is -9.62. The molecule has 19 N–H and O–H groups in total. The number of hydrogen-bond donors (Lipinski definition) is 16. The molecule has 2 saturated heterocycles. The van der Waals surface area contributed by atoms with Crippen molar-refractivity contribution in [2.75, 3.05) is 51.3 Å². The number of urea groups is 1. The number of fused-ring (bicyclic) bond motifs is 1. The number of amides is 13. The lowest BCUT2D eigenvalue weighted by Gasteiger charge is -2.31. The van der Waals surface area contributed by atoms with Crippen LogP contribution in [0.15, 0.2) is 170 Å². The molecule has 2 aliphatic rings. The normalized spacial score (nSPS) is 15.7. The lowest BCUT2D eigenvalue weighted by Crippen LogP contribution is -2.62. The fourth-order valence-electron chi connectivity index (χ4n) is 13.7. The summed E-state index contributed by atoms with van der Waals surface area (Å²) < 4.78 is 5.56. The van der Waals surface area contributed by atoms with Gasteiger partial charge in [0.1, 0.15) is 60.4 Å². The molecule has 0 radical (unpaired) electrons. The predicted octanol–water partition coefficient (Wildman–Crippen LogP) is 2.20. The van der Waals surface area contributed by atoms with E-state index in [1.807, 2.05) is 48.5 Å². The second kappa shape index (κ2) is 43.9. The molecule has 0 saturated carbocycles. The Labute approximate surface area is 682 Å². The fourth-order valence-corrected chi connectivity index (χ4v) is 13.8. The third kappa shape index (κ3) is 27.7. The molecule has 1 aromatic heterocycles. The van der Waals surface area contributed by atoms with Gasteiger partial charge in [-0.1, -0.05) is 147 Å². The number of rotatable bonds is 40. The van der Waals surface area contributed by atoms with E-state index in [9.17, 15) is 38.7 Å². The molecule has 10 atom stereocenters. The van der Waals surface area contributed by atoms with Gasteiger partial charge in [-0.2, -0.15) is 0 Å². The molecule has 0 spiro atoms. The van der Waals surface area contributed by atoms with Gasteiger partial charge >= 0.3 is 6.03 Å². The van der Waals surface area contributed by atoms with Crippen LogP contribution in [0, 0.1) is 11.3 Å². The zero-order valence-corrected chi connectivity index (χ0v) is 66.2. The van der Waals surface area contributed by atoms with Crippen molar-refractivity contribution < 1.29 is 67.4 Å². The highest BCUT2D eigenvalue weighted by atomic mass is 35.5. The number of benzene rings is 6. The summed E-state index contributed by atoms with van der Waals surface area (Å²) in [6.07, 6.45) is 2.71. The van der Waals surface area contributed by atoms with Crippen molar-refractivity contribution in [2.45, 2.75) is 152 Å². The summed E-state index contributed by atoms with van der Waals surface area (Å²) in [5.41, 5.74) is 20.9. The van der Waals surface area contributed by atoms with Crippen molar-refractivity contribution in [1.82, 2.24) is 68.0 Å². The number of nitrogens with one attached hydrogen (secondary N) is 12. The summed E-state index contributed by atoms with van der Waals surface area (Å²) in [4.78, 5) is 179. The zero-order valence-electron chi connectivity index (χ0n) is 65.5. The van der Waals surface area contributed by atoms with Crippen molar-refractivity contribution in [2.24, 2.45) is 23.1 Å². The van der Waals surface area contributed by atoms with E-state index in [1.54, 1.807) is 123 Å². The molecule has 2 fully saturated rings. The number of carbonyl (C=O) groups is 12. The topological polar surface area (TPSA) is 488 Å². The molecule has 0 unspecified atom stereocenters. The van der Waals surface area contributed by atoms with Crippen LogP contribution in [0.3, 0.4) is 0 Å². The van der Waals surface area contributed by atoms with Crippen LogP contribution in [0.2, 0.25) is 5.02 Å². The van der Waals surface area contributed by atoms with E-state index in [-0.39, 0.29) is 88.3 Å². The highest BCUT2D eigenvalue weighted by Gasteiger charge is 2.41.